The van der Waals surface area contributed by atoms with Crippen LogP contribution in [-0.2, 0) is 4.74 Å². The molecule has 1 aromatic heterocycles. The van der Waals surface area contributed by atoms with Gasteiger partial charge in [0.25, 0.3) is 0 Å². The first-order valence-electron chi connectivity index (χ1n) is 6.33. The Balaban J connectivity index is 1.91. The van der Waals surface area contributed by atoms with Crippen LogP contribution in [0.5, 0.6) is 0 Å². The Morgan fingerprint density at radius 2 is 2.47 bits per heavy atom. The Kier molecular flexibility index (Phi) is 4.95. The molecule has 0 bridgehead atoms. The molecule has 96 valence electrons. The zero-order valence-corrected chi connectivity index (χ0v) is 11.1. The molecule has 1 aliphatic rings. The van der Waals surface area contributed by atoms with Crippen molar-refractivity contribution in [1.29, 1.82) is 0 Å². The molecule has 2 N–H and O–H groups in total. The van der Waals surface area contributed by atoms with Gasteiger partial charge in [-0.2, -0.15) is 0 Å². The Morgan fingerprint density at radius 3 is 3.06 bits per heavy atom. The van der Waals surface area contributed by atoms with Crippen LogP contribution in [0.3, 0.4) is 0 Å². The molecule has 17 heavy (non-hydrogen) atoms. The molecule has 0 radical (unpaired) electrons. The number of rotatable bonds is 6. The number of nitrogens with two attached hydrogens (primary N) is 1. The summed E-state index contributed by atoms with van der Waals surface area (Å²) in [4.78, 5) is 0. The minimum absolute atomic E-state index is 0.146. The summed E-state index contributed by atoms with van der Waals surface area (Å²) in [5.74, 6) is 2.00. The van der Waals surface area contributed by atoms with Gasteiger partial charge in [0.1, 0.15) is 5.76 Å². The molecule has 0 aliphatic carbocycles. The van der Waals surface area contributed by atoms with Gasteiger partial charge in [0, 0.05) is 18.4 Å². The van der Waals surface area contributed by atoms with E-state index in [1.54, 1.807) is 6.26 Å². The highest BCUT2D eigenvalue weighted by molar-refractivity contribution is 7.99. The molecule has 0 saturated carbocycles. The van der Waals surface area contributed by atoms with Gasteiger partial charge in [-0.3, -0.25) is 0 Å². The second-order valence-electron chi connectivity index (χ2n) is 4.48. The van der Waals surface area contributed by atoms with Gasteiger partial charge in [0.05, 0.1) is 17.6 Å². The fourth-order valence-electron chi connectivity index (χ4n) is 2.07. The largest absolute Gasteiger partial charge is 0.468 e. The Hall–Kier alpha value is -0.450. The van der Waals surface area contributed by atoms with E-state index in [2.05, 4.69) is 6.92 Å². The lowest BCUT2D eigenvalue weighted by atomic mass is 10.1. The quantitative estimate of drug-likeness (QED) is 0.849. The molecule has 0 spiro atoms. The van der Waals surface area contributed by atoms with Gasteiger partial charge >= 0.3 is 0 Å². The van der Waals surface area contributed by atoms with Crippen LogP contribution in [0.15, 0.2) is 22.8 Å². The molecule has 3 atom stereocenters. The molecule has 4 heteroatoms. The Morgan fingerprint density at radius 1 is 1.59 bits per heavy atom. The first-order valence-corrected chi connectivity index (χ1v) is 7.38. The van der Waals surface area contributed by atoms with Gasteiger partial charge < -0.3 is 14.9 Å². The third kappa shape index (κ3) is 3.50. The van der Waals surface area contributed by atoms with Crippen LogP contribution in [-0.4, -0.2) is 24.5 Å². The molecule has 2 rings (SSSR count). The highest BCUT2D eigenvalue weighted by Crippen LogP contribution is 2.34. The fourth-order valence-corrected chi connectivity index (χ4v) is 3.49. The second kappa shape index (κ2) is 6.47. The average molecular weight is 255 g/mol. The van der Waals surface area contributed by atoms with E-state index in [0.717, 1.165) is 24.5 Å². The normalized spacial score (nSPS) is 23.8. The molecular formula is C13H21NO2S. The zero-order chi connectivity index (χ0) is 12.1. The van der Waals surface area contributed by atoms with E-state index in [1.807, 2.05) is 23.9 Å². The summed E-state index contributed by atoms with van der Waals surface area (Å²) in [7, 11) is 0. The van der Waals surface area contributed by atoms with Crippen molar-refractivity contribution in [3.8, 4) is 0 Å². The maximum absolute atomic E-state index is 6.17. The minimum Gasteiger partial charge on any atom is -0.468 e. The molecular weight excluding hydrogens is 234 g/mol. The number of furan rings is 1. The predicted molar refractivity (Wildman–Crippen MR) is 71.1 cm³/mol. The topological polar surface area (TPSA) is 48.4 Å². The van der Waals surface area contributed by atoms with Crippen LogP contribution in [0.1, 0.15) is 37.2 Å². The van der Waals surface area contributed by atoms with E-state index in [1.165, 1.54) is 12.8 Å². The van der Waals surface area contributed by atoms with Gasteiger partial charge in [-0.25, -0.2) is 0 Å². The SMILES string of the molecule is CCC(N)C(SCC1CCCO1)c1ccco1. The number of hydrogen-bond donors (Lipinski definition) is 1. The maximum Gasteiger partial charge on any atom is 0.118 e. The van der Waals surface area contributed by atoms with Gasteiger partial charge in [0.2, 0.25) is 0 Å². The van der Waals surface area contributed by atoms with Crippen molar-refractivity contribution < 1.29 is 9.15 Å². The van der Waals surface area contributed by atoms with Crippen molar-refractivity contribution >= 4 is 11.8 Å². The van der Waals surface area contributed by atoms with Crippen LogP contribution in [0.2, 0.25) is 0 Å². The van der Waals surface area contributed by atoms with E-state index >= 15 is 0 Å². The van der Waals surface area contributed by atoms with Crippen molar-refractivity contribution in [3.63, 3.8) is 0 Å². The molecule has 0 amide bonds. The third-order valence-corrected chi connectivity index (χ3v) is 4.67. The van der Waals surface area contributed by atoms with Crippen molar-refractivity contribution in [1.82, 2.24) is 0 Å². The minimum atomic E-state index is 0.146. The monoisotopic (exact) mass is 255 g/mol. The van der Waals surface area contributed by atoms with Gasteiger partial charge in [0.15, 0.2) is 0 Å². The van der Waals surface area contributed by atoms with Crippen LogP contribution < -0.4 is 5.73 Å². The summed E-state index contributed by atoms with van der Waals surface area (Å²) >= 11 is 1.87. The van der Waals surface area contributed by atoms with Crippen molar-refractivity contribution in [3.05, 3.63) is 24.2 Å². The van der Waals surface area contributed by atoms with E-state index in [4.69, 9.17) is 14.9 Å². The van der Waals surface area contributed by atoms with Gasteiger partial charge in [-0.05, 0) is 31.4 Å². The summed E-state index contributed by atoms with van der Waals surface area (Å²) in [5.41, 5.74) is 6.17. The van der Waals surface area contributed by atoms with Gasteiger partial charge in [-0.1, -0.05) is 6.92 Å². The molecule has 1 saturated heterocycles. The highest BCUT2D eigenvalue weighted by Gasteiger charge is 2.24. The van der Waals surface area contributed by atoms with Crippen LogP contribution in [0.4, 0.5) is 0 Å². The van der Waals surface area contributed by atoms with E-state index in [-0.39, 0.29) is 11.3 Å². The van der Waals surface area contributed by atoms with Gasteiger partial charge in [-0.15, -0.1) is 11.8 Å². The smallest absolute Gasteiger partial charge is 0.118 e. The molecule has 3 unspecified atom stereocenters. The third-order valence-electron chi connectivity index (χ3n) is 3.17. The number of hydrogen-bond acceptors (Lipinski definition) is 4. The Bertz CT molecular complexity index is 309. The summed E-state index contributed by atoms with van der Waals surface area (Å²) in [6, 6.07) is 4.09. The predicted octanol–water partition coefficient (Wildman–Crippen LogP) is 2.97. The van der Waals surface area contributed by atoms with E-state index < -0.39 is 0 Å². The molecule has 1 aliphatic heterocycles. The lowest BCUT2D eigenvalue weighted by Crippen LogP contribution is -2.26. The highest BCUT2D eigenvalue weighted by atomic mass is 32.2. The fraction of sp³-hybridized carbons (Fsp3) is 0.692. The summed E-state index contributed by atoms with van der Waals surface area (Å²) in [6.45, 7) is 3.03. The first kappa shape index (κ1) is 13.0. The zero-order valence-electron chi connectivity index (χ0n) is 10.3. The van der Waals surface area contributed by atoms with Crippen molar-refractivity contribution in [2.24, 2.45) is 5.73 Å². The molecule has 3 nitrogen and oxygen atoms in total. The number of thioether (sulfide) groups is 1. The standard InChI is InChI=1S/C13H21NO2S/c1-2-11(14)13(12-6-4-8-16-12)17-9-10-5-3-7-15-10/h4,6,8,10-11,13H,2-3,5,7,9,14H2,1H3. The molecule has 1 aromatic rings. The van der Waals surface area contributed by atoms with Crippen molar-refractivity contribution in [2.45, 2.75) is 43.6 Å². The summed E-state index contributed by atoms with van der Waals surface area (Å²) in [5, 5.41) is 0.249. The average Bonchev–Trinajstić information content (AvgIpc) is 3.01. The number of ether oxygens (including phenoxy) is 1. The van der Waals surface area contributed by atoms with Crippen LogP contribution in [0, 0.1) is 0 Å². The molecule has 2 heterocycles. The second-order valence-corrected chi connectivity index (χ2v) is 5.65. The van der Waals surface area contributed by atoms with Crippen LogP contribution in [0.25, 0.3) is 0 Å². The maximum atomic E-state index is 6.17. The van der Waals surface area contributed by atoms with Crippen LogP contribution >= 0.6 is 11.8 Å². The lowest BCUT2D eigenvalue weighted by Gasteiger charge is -2.21. The van der Waals surface area contributed by atoms with E-state index in [0.29, 0.717) is 6.10 Å². The summed E-state index contributed by atoms with van der Waals surface area (Å²) in [6.07, 6.45) is 5.46. The lowest BCUT2D eigenvalue weighted by molar-refractivity contribution is 0.128. The Labute approximate surface area is 107 Å². The molecule has 0 aromatic carbocycles. The van der Waals surface area contributed by atoms with E-state index in [9.17, 15) is 0 Å². The van der Waals surface area contributed by atoms with Crippen molar-refractivity contribution in [2.75, 3.05) is 12.4 Å². The molecule has 1 fully saturated rings. The first-order chi connectivity index (χ1) is 8.31. The summed E-state index contributed by atoms with van der Waals surface area (Å²) < 4.78 is 11.1.